The minimum Gasteiger partial charge on any atom is -0.493 e. The van der Waals surface area contributed by atoms with E-state index in [1.54, 1.807) is 24.3 Å². The zero-order valence-corrected chi connectivity index (χ0v) is 19.5. The molecule has 1 aliphatic rings. The van der Waals surface area contributed by atoms with Gasteiger partial charge in [0.2, 0.25) is 0 Å². The zero-order chi connectivity index (χ0) is 24.3. The summed E-state index contributed by atoms with van der Waals surface area (Å²) in [4.78, 5) is 37.8. The van der Waals surface area contributed by atoms with Gasteiger partial charge >= 0.3 is 5.97 Å². The third kappa shape index (κ3) is 5.38. The number of aliphatic carboxylic acids is 1. The Kier molecular flexibility index (Phi) is 6.83. The molecule has 0 aliphatic carbocycles. The van der Waals surface area contributed by atoms with Crippen LogP contribution < -0.4 is 19.7 Å². The summed E-state index contributed by atoms with van der Waals surface area (Å²) in [6.45, 7) is 5.74. The van der Waals surface area contributed by atoms with Crippen molar-refractivity contribution in [2.75, 3.05) is 18.6 Å². The van der Waals surface area contributed by atoms with Gasteiger partial charge in [-0.15, -0.1) is 0 Å². The average molecular weight is 469 g/mol. The topological polar surface area (TPSA) is 105 Å². The van der Waals surface area contributed by atoms with Crippen LogP contribution >= 0.6 is 12.2 Å². The number of carbonyl (C=O) groups excluding carboxylic acids is 2. The van der Waals surface area contributed by atoms with Gasteiger partial charge in [-0.1, -0.05) is 39.0 Å². The fourth-order valence-corrected chi connectivity index (χ4v) is 3.48. The maximum Gasteiger partial charge on any atom is 0.341 e. The lowest BCUT2D eigenvalue weighted by atomic mass is 9.87. The lowest BCUT2D eigenvalue weighted by Gasteiger charge is -2.29. The van der Waals surface area contributed by atoms with Crippen LogP contribution in [0.3, 0.4) is 0 Å². The molecule has 0 unspecified atom stereocenters. The van der Waals surface area contributed by atoms with Gasteiger partial charge in [0.25, 0.3) is 11.8 Å². The first-order valence-electron chi connectivity index (χ1n) is 10.1. The number of nitrogens with one attached hydrogen (secondary N) is 1. The van der Waals surface area contributed by atoms with Gasteiger partial charge in [0.05, 0.1) is 12.8 Å². The van der Waals surface area contributed by atoms with Crippen molar-refractivity contribution in [2.45, 2.75) is 26.2 Å². The number of hydrogen-bond acceptors (Lipinski definition) is 6. The molecule has 3 rings (SSSR count). The first-order chi connectivity index (χ1) is 15.5. The molecule has 0 bridgehead atoms. The number of amides is 2. The normalized spacial score (nSPS) is 15.5. The average Bonchev–Trinajstić information content (AvgIpc) is 2.75. The van der Waals surface area contributed by atoms with Gasteiger partial charge in [-0.25, -0.2) is 4.79 Å². The molecule has 0 radical (unpaired) electrons. The van der Waals surface area contributed by atoms with E-state index >= 15 is 0 Å². The Bertz CT molecular complexity index is 1150. The number of carboxylic acid groups (broad SMARTS) is 1. The van der Waals surface area contributed by atoms with Crippen molar-refractivity contribution < 1.29 is 29.0 Å². The summed E-state index contributed by atoms with van der Waals surface area (Å²) in [7, 11) is 1.40. The van der Waals surface area contributed by atoms with Gasteiger partial charge in [0.15, 0.2) is 23.2 Å². The van der Waals surface area contributed by atoms with E-state index in [0.29, 0.717) is 11.3 Å². The minimum absolute atomic E-state index is 0.000609. The molecular weight excluding hydrogens is 444 g/mol. The minimum atomic E-state index is -1.13. The van der Waals surface area contributed by atoms with Crippen molar-refractivity contribution in [3.63, 3.8) is 0 Å². The summed E-state index contributed by atoms with van der Waals surface area (Å²) in [6, 6.07) is 12.1. The Morgan fingerprint density at radius 3 is 2.36 bits per heavy atom. The van der Waals surface area contributed by atoms with Crippen molar-refractivity contribution in [3.05, 3.63) is 59.2 Å². The van der Waals surface area contributed by atoms with E-state index in [-0.39, 0.29) is 27.6 Å². The van der Waals surface area contributed by atoms with Crippen LogP contribution in [0.5, 0.6) is 11.5 Å². The fourth-order valence-electron chi connectivity index (χ4n) is 3.20. The van der Waals surface area contributed by atoms with E-state index in [4.69, 9.17) is 26.8 Å². The molecule has 9 heteroatoms. The number of rotatable bonds is 6. The molecule has 2 N–H and O–H groups in total. The van der Waals surface area contributed by atoms with E-state index < -0.39 is 24.4 Å². The fraction of sp³-hybridized carbons (Fsp3) is 0.250. The summed E-state index contributed by atoms with van der Waals surface area (Å²) in [6.07, 6.45) is 1.42. The molecule has 33 heavy (non-hydrogen) atoms. The van der Waals surface area contributed by atoms with Crippen molar-refractivity contribution in [1.82, 2.24) is 5.32 Å². The summed E-state index contributed by atoms with van der Waals surface area (Å²) >= 11 is 5.26. The van der Waals surface area contributed by atoms with Gasteiger partial charge in [0, 0.05) is 0 Å². The van der Waals surface area contributed by atoms with Crippen LogP contribution in [0.1, 0.15) is 31.9 Å². The second-order valence-electron chi connectivity index (χ2n) is 8.35. The second-order valence-corrected chi connectivity index (χ2v) is 8.73. The highest BCUT2D eigenvalue weighted by Gasteiger charge is 2.34. The van der Waals surface area contributed by atoms with Crippen LogP contribution in [0.4, 0.5) is 5.69 Å². The van der Waals surface area contributed by atoms with E-state index in [2.05, 4.69) is 26.1 Å². The predicted octanol–water partition coefficient (Wildman–Crippen LogP) is 3.29. The number of carbonyl (C=O) groups is 3. The van der Waals surface area contributed by atoms with Gasteiger partial charge in [-0.3, -0.25) is 19.8 Å². The number of carboxylic acids is 1. The number of nitrogens with zero attached hydrogens (tertiary/aromatic N) is 1. The third-order valence-corrected chi connectivity index (χ3v) is 5.23. The van der Waals surface area contributed by atoms with Crippen LogP contribution in [-0.2, 0) is 19.8 Å². The van der Waals surface area contributed by atoms with Crippen molar-refractivity contribution in [2.24, 2.45) is 0 Å². The zero-order valence-electron chi connectivity index (χ0n) is 18.7. The molecule has 0 aromatic heterocycles. The highest BCUT2D eigenvalue weighted by molar-refractivity contribution is 7.80. The smallest absolute Gasteiger partial charge is 0.341 e. The molecule has 1 saturated heterocycles. The number of anilines is 1. The Morgan fingerprint density at radius 1 is 1.12 bits per heavy atom. The first-order valence-corrected chi connectivity index (χ1v) is 10.5. The molecule has 1 aliphatic heterocycles. The van der Waals surface area contributed by atoms with Crippen LogP contribution in [0.15, 0.2) is 48.0 Å². The Hall–Kier alpha value is -3.72. The summed E-state index contributed by atoms with van der Waals surface area (Å²) in [5, 5.41) is 11.3. The SMILES string of the molecule is COc1cc(C=C2C(=O)NC(=S)N(c3ccc(C(C)(C)C)cc3)C2=O)ccc1OCC(=O)O. The molecule has 2 aromatic rings. The molecule has 0 saturated carbocycles. The van der Waals surface area contributed by atoms with Crippen LogP contribution in [0.25, 0.3) is 6.08 Å². The van der Waals surface area contributed by atoms with Gasteiger partial charge in [0.1, 0.15) is 5.57 Å². The standard InChI is InChI=1S/C24H24N2O6S/c1-24(2,3)15-6-8-16(9-7-15)26-22(30)17(21(29)25-23(26)33)11-14-5-10-18(19(12-14)31-4)32-13-20(27)28/h5-12H,13H2,1-4H3,(H,27,28)(H,25,29,33). The second kappa shape index (κ2) is 9.41. The lowest BCUT2D eigenvalue weighted by molar-refractivity contribution is -0.139. The third-order valence-electron chi connectivity index (χ3n) is 4.94. The predicted molar refractivity (Wildman–Crippen MR) is 127 cm³/mol. The summed E-state index contributed by atoms with van der Waals surface area (Å²) in [5.41, 5.74) is 1.97. The maximum absolute atomic E-state index is 13.2. The Labute approximate surface area is 196 Å². The van der Waals surface area contributed by atoms with Gasteiger partial charge in [-0.2, -0.15) is 0 Å². The van der Waals surface area contributed by atoms with E-state index in [9.17, 15) is 14.4 Å². The van der Waals surface area contributed by atoms with E-state index in [1.165, 1.54) is 24.2 Å². The lowest BCUT2D eigenvalue weighted by Crippen LogP contribution is -2.54. The molecule has 2 amide bonds. The highest BCUT2D eigenvalue weighted by Crippen LogP contribution is 2.30. The maximum atomic E-state index is 13.2. The van der Waals surface area contributed by atoms with Crippen molar-refractivity contribution >= 4 is 46.9 Å². The Morgan fingerprint density at radius 2 is 1.79 bits per heavy atom. The monoisotopic (exact) mass is 468 g/mol. The largest absolute Gasteiger partial charge is 0.493 e. The molecule has 1 heterocycles. The number of ether oxygens (including phenoxy) is 2. The quantitative estimate of drug-likeness (QED) is 0.381. The van der Waals surface area contributed by atoms with Crippen LogP contribution in [0, 0.1) is 0 Å². The molecule has 1 fully saturated rings. The van der Waals surface area contributed by atoms with Crippen molar-refractivity contribution in [1.29, 1.82) is 0 Å². The summed E-state index contributed by atoms with van der Waals surface area (Å²) < 4.78 is 10.4. The number of methoxy groups -OCH3 is 1. The highest BCUT2D eigenvalue weighted by atomic mass is 32.1. The molecule has 2 aromatic carbocycles. The van der Waals surface area contributed by atoms with E-state index in [1.807, 2.05) is 12.1 Å². The number of thiocarbonyl (C=S) groups is 1. The Balaban J connectivity index is 1.93. The molecule has 0 spiro atoms. The van der Waals surface area contributed by atoms with Crippen molar-refractivity contribution in [3.8, 4) is 11.5 Å². The molecule has 8 nitrogen and oxygen atoms in total. The van der Waals surface area contributed by atoms with Gasteiger partial charge in [-0.05, 0) is 59.1 Å². The van der Waals surface area contributed by atoms with E-state index in [0.717, 1.165) is 5.56 Å². The van der Waals surface area contributed by atoms with Crippen LogP contribution in [0.2, 0.25) is 0 Å². The van der Waals surface area contributed by atoms with Crippen LogP contribution in [-0.4, -0.2) is 41.7 Å². The molecule has 172 valence electrons. The van der Waals surface area contributed by atoms with Gasteiger partial charge < -0.3 is 14.6 Å². The first kappa shape index (κ1) is 23.9. The number of benzene rings is 2. The number of hydrogen-bond donors (Lipinski definition) is 2. The molecular formula is C24H24N2O6S. The molecule has 0 atom stereocenters. The summed E-state index contributed by atoms with van der Waals surface area (Å²) in [5.74, 6) is -1.81.